The number of rotatable bonds is 22. The molecule has 9 N–H and O–H groups in total. The predicted molar refractivity (Wildman–Crippen MR) is 261 cm³/mol. The van der Waals surface area contributed by atoms with Gasteiger partial charge in [0.15, 0.2) is 33.6 Å². The van der Waals surface area contributed by atoms with Crippen LogP contribution in [0.2, 0.25) is 0 Å². The fraction of sp³-hybridized carbons (Fsp3) is 0.128. The molecule has 1 aromatic heterocycles. The van der Waals surface area contributed by atoms with Crippen molar-refractivity contribution in [2.24, 2.45) is 30.7 Å². The van der Waals surface area contributed by atoms with Gasteiger partial charge in [-0.2, -0.15) is 32.3 Å². The van der Waals surface area contributed by atoms with Crippen molar-refractivity contribution in [2.45, 2.75) is 44.9 Å². The molecule has 30 nitrogen and oxygen atoms in total. The minimum atomic E-state index is -5.26. The predicted octanol–water partition coefficient (Wildman–Crippen LogP) is 7.94. The van der Waals surface area contributed by atoms with Crippen LogP contribution in [0.4, 0.5) is 45.5 Å². The van der Waals surface area contributed by atoms with Gasteiger partial charge in [-0.3, -0.25) is 27.4 Å². The first-order valence-electron chi connectivity index (χ1n) is 20.1. The molecule has 6 rings (SSSR count). The highest BCUT2D eigenvalue weighted by atomic mass is 32.2. The number of aromatic nitrogens is 1. The van der Waals surface area contributed by atoms with Gasteiger partial charge >= 0.3 is 0 Å². The van der Waals surface area contributed by atoms with Gasteiger partial charge in [0.2, 0.25) is 5.88 Å². The van der Waals surface area contributed by atoms with E-state index in [1.807, 2.05) is 6.07 Å². The summed E-state index contributed by atoms with van der Waals surface area (Å²) in [7, 11) is -19.1. The van der Waals surface area contributed by atoms with Crippen LogP contribution >= 0.6 is 24.4 Å². The topological polar surface area (TPSA) is 462 Å². The molecule has 0 spiro atoms. The van der Waals surface area contributed by atoms with E-state index in [0.29, 0.717) is 6.07 Å². The van der Waals surface area contributed by atoms with E-state index in [1.54, 1.807) is 6.92 Å². The molecule has 0 saturated heterocycles. The summed E-state index contributed by atoms with van der Waals surface area (Å²) in [4.78, 5) is 9.49. The summed E-state index contributed by atoms with van der Waals surface area (Å²) < 4.78 is 139. The maximum absolute atomic E-state index is 13.3. The third kappa shape index (κ3) is 13.3. The number of phenolic OH excluding ortho intramolecular Hbond substituents is 1. The SMILES string of the molecule is CCn1c(O)c(C#N)c(C)c(N=Nc2ccc(NS(=O)(=O)c3ccc(N=Nc4c(S(=O)(=O)O)cc5cc(SOOO)c(N=Nc6ccc(S(=O)(=O)CCOSOOO)cc6S(=O)(=O)O)c(O)c5c4N)cc3)cc2)c1=O. The summed E-state index contributed by atoms with van der Waals surface area (Å²) in [5, 5.41) is 77.9. The Kier molecular flexibility index (Phi) is 18.0. The summed E-state index contributed by atoms with van der Waals surface area (Å²) in [6.07, 6.45) is 0. The molecule has 1 heterocycles. The first-order valence-corrected chi connectivity index (χ1v) is 27.5. The van der Waals surface area contributed by atoms with Crippen LogP contribution < -0.4 is 16.0 Å². The quantitative estimate of drug-likeness (QED) is 0.00608. The fourth-order valence-corrected chi connectivity index (χ4v) is 10.9. The van der Waals surface area contributed by atoms with Gasteiger partial charge in [0.1, 0.15) is 38.5 Å². The van der Waals surface area contributed by atoms with Gasteiger partial charge < -0.3 is 15.9 Å². The van der Waals surface area contributed by atoms with E-state index in [2.05, 4.69) is 54.2 Å². The molecule has 0 fully saturated rings. The van der Waals surface area contributed by atoms with Gasteiger partial charge in [-0.25, -0.2) is 27.4 Å². The Morgan fingerprint density at radius 2 is 1.33 bits per heavy atom. The maximum atomic E-state index is 13.3. The fourth-order valence-electron chi connectivity index (χ4n) is 6.50. The molecular weight excluding hydrogens is 1120 g/mol. The summed E-state index contributed by atoms with van der Waals surface area (Å²) >= 11 is 0.204. The number of aromatic hydroxyl groups is 2. The second-order valence-electron chi connectivity index (χ2n) is 14.5. The minimum Gasteiger partial charge on any atom is -0.505 e. The van der Waals surface area contributed by atoms with Crippen LogP contribution in [0, 0.1) is 18.3 Å². The molecule has 396 valence electrons. The van der Waals surface area contributed by atoms with Crippen LogP contribution in [0.1, 0.15) is 18.1 Å². The highest BCUT2D eigenvalue weighted by Gasteiger charge is 2.27. The molecule has 0 unspecified atom stereocenters. The summed E-state index contributed by atoms with van der Waals surface area (Å²) in [5.74, 6) is -2.23. The first-order chi connectivity index (χ1) is 35.4. The van der Waals surface area contributed by atoms with Crippen molar-refractivity contribution in [1.29, 1.82) is 5.26 Å². The number of nitrogens with zero attached hydrogens (tertiary/aromatic N) is 8. The van der Waals surface area contributed by atoms with E-state index in [1.165, 1.54) is 31.2 Å². The van der Waals surface area contributed by atoms with Gasteiger partial charge in [-0.05, 0) is 98.1 Å². The lowest BCUT2D eigenvalue weighted by molar-refractivity contribution is -0.434. The lowest BCUT2D eigenvalue weighted by Crippen LogP contribution is -2.20. The number of pyridine rings is 1. The highest BCUT2D eigenvalue weighted by Crippen LogP contribution is 2.50. The number of fused-ring (bicyclic) bond motifs is 1. The van der Waals surface area contributed by atoms with Crippen LogP contribution in [0.3, 0.4) is 0 Å². The molecular formula is C39H34N10O20S6. The van der Waals surface area contributed by atoms with Crippen molar-refractivity contribution in [3.8, 4) is 17.7 Å². The van der Waals surface area contributed by atoms with Gasteiger partial charge in [-0.15, -0.1) is 29.1 Å². The number of hydrogen-bond donors (Lipinski definition) is 8. The molecule has 0 aliphatic heterocycles. The van der Waals surface area contributed by atoms with E-state index in [9.17, 15) is 63.0 Å². The number of nitrogens with one attached hydrogen (secondary N) is 1. The van der Waals surface area contributed by atoms with E-state index < -0.39 is 112 Å². The summed E-state index contributed by atoms with van der Waals surface area (Å²) in [6, 6.07) is 15.9. The van der Waals surface area contributed by atoms with Crippen LogP contribution in [-0.2, 0) is 69.6 Å². The van der Waals surface area contributed by atoms with Crippen molar-refractivity contribution in [3.63, 3.8) is 0 Å². The van der Waals surface area contributed by atoms with Crippen molar-refractivity contribution in [1.82, 2.24) is 4.57 Å². The Hall–Kier alpha value is -7.06. The molecule has 36 heteroatoms. The van der Waals surface area contributed by atoms with Gasteiger partial charge in [0, 0.05) is 17.8 Å². The molecule has 0 aliphatic carbocycles. The molecule has 0 atom stereocenters. The van der Waals surface area contributed by atoms with E-state index >= 15 is 0 Å². The number of azo groups is 3. The zero-order valence-electron chi connectivity index (χ0n) is 37.6. The number of hydrogen-bond acceptors (Lipinski definition) is 28. The normalized spacial score (nSPS) is 12.6. The van der Waals surface area contributed by atoms with Crippen LogP contribution in [0.25, 0.3) is 10.8 Å². The second kappa shape index (κ2) is 23.6. The van der Waals surface area contributed by atoms with E-state index in [0.717, 1.165) is 53.1 Å². The Labute approximate surface area is 431 Å². The largest absolute Gasteiger partial charge is 0.505 e. The number of anilines is 2. The molecule has 5 aromatic carbocycles. The van der Waals surface area contributed by atoms with Gasteiger partial charge in [0.05, 0.1) is 61.5 Å². The van der Waals surface area contributed by atoms with Crippen LogP contribution in [-0.4, -0.2) is 80.4 Å². The Bertz CT molecular complexity index is 3860. The number of benzene rings is 5. The molecule has 0 bridgehead atoms. The van der Waals surface area contributed by atoms with E-state index in [4.69, 9.17) is 20.4 Å². The first kappa shape index (κ1) is 57.2. The zero-order valence-corrected chi connectivity index (χ0v) is 42.5. The lowest BCUT2D eigenvalue weighted by atomic mass is 10.1. The summed E-state index contributed by atoms with van der Waals surface area (Å²) in [5.41, 5.74) is 2.78. The lowest BCUT2D eigenvalue weighted by Gasteiger charge is -2.14. The van der Waals surface area contributed by atoms with Crippen molar-refractivity contribution in [2.75, 3.05) is 22.8 Å². The number of phenols is 1. The number of nitrogens with two attached hydrogens (primary N) is 1. The highest BCUT2D eigenvalue weighted by molar-refractivity contribution is 7.94. The average molecular weight is 1160 g/mol. The number of sulfonamides is 1. The number of nitrogen functional groups attached to an aromatic ring is 1. The van der Waals surface area contributed by atoms with Crippen LogP contribution in [0.5, 0.6) is 11.6 Å². The number of nitriles is 1. The zero-order chi connectivity index (χ0) is 55.0. The van der Waals surface area contributed by atoms with Crippen molar-refractivity contribution >= 4 is 121 Å². The Balaban J connectivity index is 1.29. The van der Waals surface area contributed by atoms with Gasteiger partial charge in [0.25, 0.3) is 35.8 Å². The van der Waals surface area contributed by atoms with Crippen molar-refractivity contribution in [3.05, 3.63) is 100 Å². The molecule has 0 radical (unpaired) electrons. The van der Waals surface area contributed by atoms with Crippen molar-refractivity contribution < 1.29 is 86.4 Å². The van der Waals surface area contributed by atoms with Crippen LogP contribution in [0.15, 0.2) is 139 Å². The maximum Gasteiger partial charge on any atom is 0.296 e. The molecule has 0 aliphatic rings. The number of sulfone groups is 1. The third-order valence-electron chi connectivity index (χ3n) is 10.00. The summed E-state index contributed by atoms with van der Waals surface area (Å²) in [6.45, 7) is 2.50. The monoisotopic (exact) mass is 1150 g/mol. The third-order valence-corrected chi connectivity index (χ3v) is 15.8. The second-order valence-corrected chi connectivity index (χ2v) is 22.4. The molecule has 75 heavy (non-hydrogen) atoms. The molecule has 0 saturated carbocycles. The Morgan fingerprint density at radius 3 is 1.92 bits per heavy atom. The smallest absolute Gasteiger partial charge is 0.296 e. The van der Waals surface area contributed by atoms with E-state index in [-0.39, 0.29) is 80.0 Å². The minimum absolute atomic E-state index is 0.0500. The standard InChI is InChI=1S/C39H34N10O20S6/c1-3-49-38(51)27(19-40)20(2)34(39(49)52)45-42-22-4-6-24(7-5-22)48-73(57,58)25-10-8-23(9-11-25)43-47-36-31(75(62,63)64)17-21-16-29(70-68-66-53)35(37(50)32(21)33(36)41)46-44-28-13-12-26(18-30(28)74(59,60)61)72(55,56)15-14-65-71-69-67-54/h4-13,16-18,48,50-51,53-54H,3,14-15,41H2,1-2H3,(H,59,60,61)(H,62,63,64). The molecule has 6 aromatic rings. The molecule has 0 amide bonds. The Morgan fingerprint density at radius 1 is 0.747 bits per heavy atom. The average Bonchev–Trinajstić information content (AvgIpc) is 3.35. The van der Waals surface area contributed by atoms with Gasteiger partial charge in [-0.1, -0.05) is 10.1 Å².